The third-order valence-corrected chi connectivity index (χ3v) is 6.53. The molecule has 1 unspecified atom stereocenters. The minimum atomic E-state index is -0.424. The van der Waals surface area contributed by atoms with Gasteiger partial charge >= 0.3 is 0 Å². The van der Waals surface area contributed by atoms with Crippen LogP contribution in [-0.4, -0.2) is 16.7 Å². The van der Waals surface area contributed by atoms with Crippen molar-refractivity contribution in [2.75, 3.05) is 0 Å². The van der Waals surface area contributed by atoms with E-state index in [9.17, 15) is 14.4 Å². The van der Waals surface area contributed by atoms with E-state index in [-0.39, 0.29) is 22.8 Å². The second-order valence-corrected chi connectivity index (χ2v) is 9.61. The highest BCUT2D eigenvalue weighted by Gasteiger charge is 2.33. The molecule has 0 aliphatic heterocycles. The van der Waals surface area contributed by atoms with Gasteiger partial charge in [0.25, 0.3) is 11.5 Å². The summed E-state index contributed by atoms with van der Waals surface area (Å²) >= 11 is 0. The summed E-state index contributed by atoms with van der Waals surface area (Å²) in [5.41, 5.74) is 1.60. The number of aromatic nitrogens is 1. The molecule has 2 aliphatic rings. The molecule has 0 radical (unpaired) electrons. The molecule has 30 heavy (non-hydrogen) atoms. The number of nitrogens with one attached hydrogen (secondary N) is 2. The molecule has 158 valence electrons. The molecule has 2 aromatic rings. The molecule has 0 spiro atoms. The molecule has 2 aliphatic carbocycles. The van der Waals surface area contributed by atoms with E-state index in [0.29, 0.717) is 30.0 Å². The monoisotopic (exact) mass is 406 g/mol. The van der Waals surface area contributed by atoms with Crippen molar-refractivity contribution in [2.24, 2.45) is 11.3 Å². The Morgan fingerprint density at radius 3 is 2.47 bits per heavy atom. The average Bonchev–Trinajstić information content (AvgIpc) is 2.72. The predicted octanol–water partition coefficient (Wildman–Crippen LogP) is 4.58. The first-order chi connectivity index (χ1) is 14.3. The summed E-state index contributed by atoms with van der Waals surface area (Å²) in [5.74, 6) is -0.0706. The molecule has 1 aromatic heterocycles. The number of carbonyl (C=O) groups is 2. The number of hydrogen-bond acceptors (Lipinski definition) is 3. The lowest BCUT2D eigenvalue weighted by Gasteiger charge is -2.32. The Morgan fingerprint density at radius 2 is 1.77 bits per heavy atom. The zero-order valence-electron chi connectivity index (χ0n) is 17.8. The lowest BCUT2D eigenvalue weighted by Crippen LogP contribution is -2.38. The normalized spacial score (nSPS) is 19.7. The molecule has 5 nitrogen and oxygen atoms in total. The van der Waals surface area contributed by atoms with Crippen LogP contribution in [0.1, 0.15) is 90.4 Å². The van der Waals surface area contributed by atoms with Crippen molar-refractivity contribution >= 4 is 11.7 Å². The van der Waals surface area contributed by atoms with E-state index in [4.69, 9.17) is 0 Å². The second kappa shape index (κ2) is 8.21. The zero-order valence-corrected chi connectivity index (χ0v) is 17.8. The summed E-state index contributed by atoms with van der Waals surface area (Å²) in [6.07, 6.45) is 6.72. The molecule has 1 atom stereocenters. The standard InChI is InChI=1S/C25H30N2O3/c1-25(2)14-20-18(21(28)15-25)13-19(23(29)26-20)24(30)27-22(16-9-5-3-6-10-16)17-11-7-4-8-12-17/h3,5-6,9-10,13,17,22H,4,7-8,11-12,14-15H2,1-2H3,(H,26,29)(H,27,30). The van der Waals surface area contributed by atoms with Crippen LogP contribution < -0.4 is 10.9 Å². The van der Waals surface area contributed by atoms with Gasteiger partial charge in [0.2, 0.25) is 0 Å². The third kappa shape index (κ3) is 4.25. The number of Topliss-reactive ketones (excluding diaryl/α,β-unsaturated/α-hetero) is 1. The fourth-order valence-corrected chi connectivity index (χ4v) is 5.02. The summed E-state index contributed by atoms with van der Waals surface area (Å²) in [5, 5.41) is 3.13. The lowest BCUT2D eigenvalue weighted by atomic mass is 9.75. The molecular formula is C25H30N2O3. The Balaban J connectivity index is 1.64. The van der Waals surface area contributed by atoms with E-state index < -0.39 is 11.5 Å². The quantitative estimate of drug-likeness (QED) is 0.780. The molecule has 1 fully saturated rings. The van der Waals surface area contributed by atoms with Gasteiger partial charge in [-0.1, -0.05) is 63.4 Å². The van der Waals surface area contributed by atoms with Crippen molar-refractivity contribution < 1.29 is 9.59 Å². The number of hydrogen-bond donors (Lipinski definition) is 2. The van der Waals surface area contributed by atoms with Crippen LogP contribution in [0.3, 0.4) is 0 Å². The zero-order chi connectivity index (χ0) is 21.3. The predicted molar refractivity (Wildman–Crippen MR) is 117 cm³/mol. The Morgan fingerprint density at radius 1 is 1.07 bits per heavy atom. The van der Waals surface area contributed by atoms with E-state index in [1.807, 2.05) is 44.2 Å². The topological polar surface area (TPSA) is 79.0 Å². The van der Waals surface area contributed by atoms with Gasteiger partial charge < -0.3 is 10.3 Å². The summed E-state index contributed by atoms with van der Waals surface area (Å²) in [4.78, 5) is 41.3. The molecule has 1 aromatic carbocycles. The van der Waals surface area contributed by atoms with E-state index in [0.717, 1.165) is 31.2 Å². The van der Waals surface area contributed by atoms with Crippen molar-refractivity contribution in [2.45, 2.75) is 64.8 Å². The highest BCUT2D eigenvalue weighted by atomic mass is 16.2. The molecule has 0 saturated heterocycles. The average molecular weight is 407 g/mol. The largest absolute Gasteiger partial charge is 0.345 e. The van der Waals surface area contributed by atoms with Crippen LogP contribution >= 0.6 is 0 Å². The van der Waals surface area contributed by atoms with Crippen LogP contribution in [0, 0.1) is 11.3 Å². The fraction of sp³-hybridized carbons (Fsp3) is 0.480. The van der Waals surface area contributed by atoms with E-state index in [1.165, 1.54) is 12.5 Å². The molecule has 0 bridgehead atoms. The lowest BCUT2D eigenvalue weighted by molar-refractivity contribution is 0.0908. The highest BCUT2D eigenvalue weighted by Crippen LogP contribution is 2.35. The SMILES string of the molecule is CC1(C)CC(=O)c2cc(C(=O)NC(c3ccccc3)C3CCCCC3)c(=O)[nH]c2C1. The number of aromatic amines is 1. The van der Waals surface area contributed by atoms with E-state index >= 15 is 0 Å². The number of benzene rings is 1. The van der Waals surface area contributed by atoms with Crippen LogP contribution in [0.4, 0.5) is 0 Å². The van der Waals surface area contributed by atoms with Crippen LogP contribution in [0.2, 0.25) is 0 Å². The van der Waals surface area contributed by atoms with Crippen LogP contribution in [-0.2, 0) is 6.42 Å². The van der Waals surface area contributed by atoms with Gasteiger partial charge in [0.1, 0.15) is 5.56 Å². The number of fused-ring (bicyclic) bond motifs is 1. The van der Waals surface area contributed by atoms with Gasteiger partial charge in [-0.15, -0.1) is 0 Å². The van der Waals surface area contributed by atoms with Gasteiger partial charge in [-0.2, -0.15) is 0 Å². The van der Waals surface area contributed by atoms with Gasteiger partial charge in [-0.25, -0.2) is 0 Å². The van der Waals surface area contributed by atoms with Crippen LogP contribution in [0.25, 0.3) is 0 Å². The minimum absolute atomic E-state index is 0.0153. The minimum Gasteiger partial charge on any atom is -0.345 e. The van der Waals surface area contributed by atoms with Gasteiger partial charge in [0, 0.05) is 17.7 Å². The first-order valence-corrected chi connectivity index (χ1v) is 11.0. The second-order valence-electron chi connectivity index (χ2n) is 9.61. The maximum Gasteiger partial charge on any atom is 0.261 e. The Kier molecular flexibility index (Phi) is 5.63. The maximum absolute atomic E-state index is 13.2. The van der Waals surface area contributed by atoms with Crippen molar-refractivity contribution in [1.29, 1.82) is 0 Å². The van der Waals surface area contributed by atoms with E-state index in [1.54, 1.807) is 0 Å². The number of ketones is 1. The summed E-state index contributed by atoms with van der Waals surface area (Å²) < 4.78 is 0. The van der Waals surface area contributed by atoms with Crippen LogP contribution in [0.15, 0.2) is 41.2 Å². The smallest absolute Gasteiger partial charge is 0.261 e. The number of H-pyrrole nitrogens is 1. The fourth-order valence-electron chi connectivity index (χ4n) is 5.02. The number of amides is 1. The molecule has 1 heterocycles. The maximum atomic E-state index is 13.2. The van der Waals surface area contributed by atoms with Crippen molar-refractivity contribution in [3.63, 3.8) is 0 Å². The van der Waals surface area contributed by atoms with Crippen molar-refractivity contribution in [3.8, 4) is 0 Å². The molecule has 2 N–H and O–H groups in total. The van der Waals surface area contributed by atoms with Crippen LogP contribution in [0.5, 0.6) is 0 Å². The molecular weight excluding hydrogens is 376 g/mol. The molecule has 1 amide bonds. The first-order valence-electron chi connectivity index (χ1n) is 11.0. The number of carbonyl (C=O) groups excluding carboxylic acids is 2. The number of pyridine rings is 1. The highest BCUT2D eigenvalue weighted by molar-refractivity contribution is 6.02. The molecule has 4 rings (SSSR count). The first kappa shape index (κ1) is 20.6. The molecule has 5 heteroatoms. The molecule has 1 saturated carbocycles. The number of rotatable bonds is 4. The van der Waals surface area contributed by atoms with Gasteiger partial charge in [0.15, 0.2) is 5.78 Å². The Hall–Kier alpha value is -2.69. The van der Waals surface area contributed by atoms with Gasteiger partial charge in [-0.05, 0) is 42.2 Å². The van der Waals surface area contributed by atoms with Crippen molar-refractivity contribution in [3.05, 3.63) is 69.1 Å². The summed E-state index contributed by atoms with van der Waals surface area (Å²) in [7, 11) is 0. The van der Waals surface area contributed by atoms with Gasteiger partial charge in [-0.3, -0.25) is 14.4 Å². The summed E-state index contributed by atoms with van der Waals surface area (Å²) in [6, 6.07) is 11.3. The third-order valence-electron chi connectivity index (χ3n) is 6.53. The van der Waals surface area contributed by atoms with Crippen molar-refractivity contribution in [1.82, 2.24) is 10.3 Å². The summed E-state index contributed by atoms with van der Waals surface area (Å²) in [6.45, 7) is 4.03. The Bertz CT molecular complexity index is 1000. The Labute approximate surface area is 177 Å². The van der Waals surface area contributed by atoms with Gasteiger partial charge in [0.05, 0.1) is 6.04 Å². The van der Waals surface area contributed by atoms with E-state index in [2.05, 4.69) is 10.3 Å².